The normalized spacial score (nSPS) is 17.7. The summed E-state index contributed by atoms with van der Waals surface area (Å²) in [5, 5.41) is 4.72. The number of amides is 2. The molecule has 2 amide bonds. The molecule has 1 aromatic carbocycles. The van der Waals surface area contributed by atoms with Crippen molar-refractivity contribution in [3.05, 3.63) is 29.8 Å². The van der Waals surface area contributed by atoms with Crippen LogP contribution in [0.1, 0.15) is 0 Å². The standard InChI is InChI=1S/C16H22F2N4O5S/c1-21(2)6-5-19-15(23)16(24)20-10-14-22(7-8-27-14)28(25,26)13-9-11(17)3-4-12(13)18/h3-4,9,14H,5-8,10H2,1-2H3,(H,19,23)(H,20,24)/p+1/t14-/m0/s1. The van der Waals surface area contributed by atoms with Gasteiger partial charge in [-0.1, -0.05) is 0 Å². The molecule has 1 fully saturated rings. The van der Waals surface area contributed by atoms with Crippen LogP contribution in [0.3, 0.4) is 0 Å². The fraction of sp³-hybridized carbons (Fsp3) is 0.500. The second-order valence-electron chi connectivity index (χ2n) is 6.44. The van der Waals surface area contributed by atoms with E-state index < -0.39 is 44.6 Å². The lowest BCUT2D eigenvalue weighted by atomic mass is 10.3. The zero-order chi connectivity index (χ0) is 20.9. The molecule has 1 heterocycles. The number of likely N-dealkylation sites (N-methyl/N-ethyl adjacent to an activating group) is 1. The molecule has 3 N–H and O–H groups in total. The minimum Gasteiger partial charge on any atom is -0.359 e. The highest BCUT2D eigenvalue weighted by molar-refractivity contribution is 7.89. The van der Waals surface area contributed by atoms with E-state index in [0.29, 0.717) is 19.2 Å². The Balaban J connectivity index is 2.00. The summed E-state index contributed by atoms with van der Waals surface area (Å²) in [6, 6.07) is 2.11. The minimum absolute atomic E-state index is 0.00844. The molecule has 0 unspecified atom stereocenters. The summed E-state index contributed by atoms with van der Waals surface area (Å²) in [6.07, 6.45) is -1.14. The van der Waals surface area contributed by atoms with Gasteiger partial charge in [0.1, 0.15) is 22.8 Å². The molecule has 2 rings (SSSR count). The van der Waals surface area contributed by atoms with Crippen molar-refractivity contribution in [2.24, 2.45) is 0 Å². The minimum atomic E-state index is -4.39. The fourth-order valence-corrected chi connectivity index (χ4v) is 4.10. The van der Waals surface area contributed by atoms with Gasteiger partial charge in [0.15, 0.2) is 0 Å². The second kappa shape index (κ2) is 9.37. The number of benzene rings is 1. The lowest BCUT2D eigenvalue weighted by molar-refractivity contribution is -0.856. The van der Waals surface area contributed by atoms with E-state index in [0.717, 1.165) is 21.3 Å². The molecule has 0 aromatic heterocycles. The Hall–Kier alpha value is -2.15. The third-order valence-electron chi connectivity index (χ3n) is 3.98. The van der Waals surface area contributed by atoms with E-state index in [1.807, 2.05) is 14.1 Å². The van der Waals surface area contributed by atoms with Crippen LogP contribution in [0, 0.1) is 11.6 Å². The summed E-state index contributed by atoms with van der Waals surface area (Å²) in [5.41, 5.74) is 0. The van der Waals surface area contributed by atoms with Gasteiger partial charge in [-0.05, 0) is 18.2 Å². The molecule has 156 valence electrons. The highest BCUT2D eigenvalue weighted by Crippen LogP contribution is 2.24. The highest BCUT2D eigenvalue weighted by atomic mass is 32.2. The Morgan fingerprint density at radius 1 is 1.25 bits per heavy atom. The first-order valence-electron chi connectivity index (χ1n) is 8.56. The predicted octanol–water partition coefficient (Wildman–Crippen LogP) is -2.31. The highest BCUT2D eigenvalue weighted by Gasteiger charge is 2.38. The van der Waals surface area contributed by atoms with Crippen molar-refractivity contribution in [3.8, 4) is 0 Å². The average molecular weight is 421 g/mol. The van der Waals surface area contributed by atoms with E-state index in [-0.39, 0.29) is 19.7 Å². The number of hydrogen-bond donors (Lipinski definition) is 3. The van der Waals surface area contributed by atoms with Gasteiger partial charge in [-0.15, -0.1) is 0 Å². The number of sulfonamides is 1. The topological polar surface area (TPSA) is 109 Å². The lowest BCUT2D eigenvalue weighted by Gasteiger charge is -2.23. The molecule has 0 saturated carbocycles. The molecule has 0 radical (unpaired) electrons. The maximum Gasteiger partial charge on any atom is 0.309 e. The zero-order valence-corrected chi connectivity index (χ0v) is 16.3. The van der Waals surface area contributed by atoms with Crippen molar-refractivity contribution in [3.63, 3.8) is 0 Å². The molecule has 12 heteroatoms. The third kappa shape index (κ3) is 5.44. The van der Waals surface area contributed by atoms with Crippen LogP contribution in [-0.2, 0) is 24.3 Å². The molecule has 0 bridgehead atoms. The van der Waals surface area contributed by atoms with Crippen molar-refractivity contribution >= 4 is 21.8 Å². The summed E-state index contributed by atoms with van der Waals surface area (Å²) in [4.78, 5) is 23.8. The molecular formula is C16H23F2N4O5S+. The van der Waals surface area contributed by atoms with Crippen LogP contribution in [-0.4, -0.2) is 77.6 Å². The maximum atomic E-state index is 13.9. The van der Waals surface area contributed by atoms with Crippen molar-refractivity contribution in [2.75, 3.05) is 46.9 Å². The van der Waals surface area contributed by atoms with E-state index in [4.69, 9.17) is 4.74 Å². The van der Waals surface area contributed by atoms with Crippen LogP contribution in [0.2, 0.25) is 0 Å². The number of ether oxygens (including phenoxy) is 1. The largest absolute Gasteiger partial charge is 0.359 e. The zero-order valence-electron chi connectivity index (χ0n) is 15.5. The molecular weight excluding hydrogens is 398 g/mol. The second-order valence-corrected chi connectivity index (χ2v) is 8.30. The molecule has 0 aliphatic carbocycles. The number of halogens is 2. The third-order valence-corrected chi connectivity index (χ3v) is 5.88. The average Bonchev–Trinajstić information content (AvgIpc) is 3.10. The summed E-state index contributed by atoms with van der Waals surface area (Å²) in [7, 11) is -0.616. The Morgan fingerprint density at radius 3 is 2.61 bits per heavy atom. The number of nitrogens with one attached hydrogen (secondary N) is 3. The number of carbonyl (C=O) groups is 2. The van der Waals surface area contributed by atoms with E-state index in [9.17, 15) is 26.8 Å². The molecule has 1 aromatic rings. The molecule has 1 saturated heterocycles. The first-order valence-corrected chi connectivity index (χ1v) is 10.0. The maximum absolute atomic E-state index is 13.9. The number of carbonyl (C=O) groups excluding carboxylic acids is 2. The molecule has 0 spiro atoms. The van der Waals surface area contributed by atoms with Crippen molar-refractivity contribution in [2.45, 2.75) is 11.1 Å². The van der Waals surface area contributed by atoms with Gasteiger partial charge in [0.25, 0.3) is 0 Å². The monoisotopic (exact) mass is 421 g/mol. The van der Waals surface area contributed by atoms with E-state index >= 15 is 0 Å². The van der Waals surface area contributed by atoms with Crippen LogP contribution >= 0.6 is 0 Å². The number of nitrogens with zero attached hydrogens (tertiary/aromatic N) is 1. The predicted molar refractivity (Wildman–Crippen MR) is 93.7 cm³/mol. The summed E-state index contributed by atoms with van der Waals surface area (Å²) >= 11 is 0. The van der Waals surface area contributed by atoms with Gasteiger partial charge in [-0.25, -0.2) is 17.2 Å². The Bertz CT molecular complexity index is 834. The first-order chi connectivity index (χ1) is 13.1. The van der Waals surface area contributed by atoms with Gasteiger partial charge in [0, 0.05) is 6.54 Å². The smallest absolute Gasteiger partial charge is 0.309 e. The number of quaternary nitrogens is 1. The van der Waals surface area contributed by atoms with Crippen LogP contribution < -0.4 is 15.5 Å². The van der Waals surface area contributed by atoms with Crippen molar-refractivity contribution < 1.29 is 36.4 Å². The number of rotatable bonds is 7. The van der Waals surface area contributed by atoms with Crippen LogP contribution in [0.4, 0.5) is 8.78 Å². The van der Waals surface area contributed by atoms with Crippen molar-refractivity contribution in [1.82, 2.24) is 14.9 Å². The van der Waals surface area contributed by atoms with Gasteiger partial charge in [0.05, 0.1) is 40.3 Å². The Kier molecular flexibility index (Phi) is 7.41. The molecule has 1 atom stereocenters. The van der Waals surface area contributed by atoms with Gasteiger partial charge in [-0.2, -0.15) is 4.31 Å². The molecule has 9 nitrogen and oxygen atoms in total. The van der Waals surface area contributed by atoms with Crippen molar-refractivity contribution in [1.29, 1.82) is 0 Å². The van der Waals surface area contributed by atoms with Crippen LogP contribution in [0.15, 0.2) is 23.1 Å². The molecule has 28 heavy (non-hydrogen) atoms. The fourth-order valence-electron chi connectivity index (χ4n) is 2.51. The summed E-state index contributed by atoms with van der Waals surface area (Å²) in [6.45, 7) is 0.510. The van der Waals surface area contributed by atoms with Crippen LogP contribution in [0.25, 0.3) is 0 Å². The molecule has 1 aliphatic rings. The Labute approximate surface area is 161 Å². The van der Waals surface area contributed by atoms with Gasteiger partial charge >= 0.3 is 11.8 Å². The summed E-state index contributed by atoms with van der Waals surface area (Å²) < 4.78 is 58.7. The van der Waals surface area contributed by atoms with Gasteiger partial charge < -0.3 is 20.3 Å². The van der Waals surface area contributed by atoms with E-state index in [2.05, 4.69) is 10.6 Å². The Morgan fingerprint density at radius 2 is 1.93 bits per heavy atom. The quantitative estimate of drug-likeness (QED) is 0.429. The van der Waals surface area contributed by atoms with E-state index in [1.165, 1.54) is 0 Å². The van der Waals surface area contributed by atoms with Gasteiger partial charge in [-0.3, -0.25) is 9.59 Å². The summed E-state index contributed by atoms with van der Waals surface area (Å²) in [5.74, 6) is -3.80. The first kappa shape index (κ1) is 22.1. The lowest BCUT2D eigenvalue weighted by Crippen LogP contribution is -3.06. The molecule has 1 aliphatic heterocycles. The van der Waals surface area contributed by atoms with Crippen LogP contribution in [0.5, 0.6) is 0 Å². The SMILES string of the molecule is C[NH+](C)CCNC(=O)C(=O)NC[C@@H]1OCCN1S(=O)(=O)c1cc(F)ccc1F. The van der Waals surface area contributed by atoms with Gasteiger partial charge in [0.2, 0.25) is 10.0 Å². The van der Waals surface area contributed by atoms with E-state index in [1.54, 1.807) is 0 Å². The number of hydrogen-bond acceptors (Lipinski definition) is 5.